The zero-order valence-electron chi connectivity index (χ0n) is 8.87. The van der Waals surface area contributed by atoms with Crippen LogP contribution in [0.4, 0.5) is 0 Å². The standard InChI is InChI=1S/C12H16BrNO/c1-2-11-7-14-8-12(15-11)9-3-5-10(13)6-4-9/h3-6,11-12,14H,2,7-8H2,1H3. The highest BCUT2D eigenvalue weighted by Crippen LogP contribution is 2.23. The van der Waals surface area contributed by atoms with E-state index in [2.05, 4.69) is 52.4 Å². The Morgan fingerprint density at radius 2 is 2.07 bits per heavy atom. The van der Waals surface area contributed by atoms with Crippen molar-refractivity contribution in [2.75, 3.05) is 13.1 Å². The number of nitrogens with one attached hydrogen (secondary N) is 1. The molecule has 2 rings (SSSR count). The van der Waals surface area contributed by atoms with E-state index in [9.17, 15) is 0 Å². The molecule has 2 unspecified atom stereocenters. The van der Waals surface area contributed by atoms with Crippen LogP contribution in [0.25, 0.3) is 0 Å². The zero-order valence-corrected chi connectivity index (χ0v) is 10.5. The van der Waals surface area contributed by atoms with E-state index in [-0.39, 0.29) is 6.10 Å². The number of hydrogen-bond donors (Lipinski definition) is 1. The van der Waals surface area contributed by atoms with Gasteiger partial charge in [-0.3, -0.25) is 0 Å². The first-order valence-electron chi connectivity index (χ1n) is 5.41. The maximum atomic E-state index is 5.98. The van der Waals surface area contributed by atoms with Crippen molar-refractivity contribution >= 4 is 15.9 Å². The van der Waals surface area contributed by atoms with Crippen LogP contribution in [-0.2, 0) is 4.74 Å². The summed E-state index contributed by atoms with van der Waals surface area (Å²) in [5, 5.41) is 3.41. The van der Waals surface area contributed by atoms with Crippen molar-refractivity contribution in [3.63, 3.8) is 0 Å². The molecule has 1 aromatic carbocycles. The fourth-order valence-corrected chi connectivity index (χ4v) is 2.08. The molecule has 0 radical (unpaired) electrons. The first-order chi connectivity index (χ1) is 7.29. The van der Waals surface area contributed by atoms with Crippen LogP contribution in [0.2, 0.25) is 0 Å². The minimum atomic E-state index is 0.205. The van der Waals surface area contributed by atoms with E-state index < -0.39 is 0 Å². The van der Waals surface area contributed by atoms with Gasteiger partial charge in [0.2, 0.25) is 0 Å². The lowest BCUT2D eigenvalue weighted by Gasteiger charge is -2.30. The van der Waals surface area contributed by atoms with Gasteiger partial charge >= 0.3 is 0 Å². The van der Waals surface area contributed by atoms with Gasteiger partial charge in [-0.25, -0.2) is 0 Å². The molecule has 0 bridgehead atoms. The Morgan fingerprint density at radius 1 is 1.33 bits per heavy atom. The maximum absolute atomic E-state index is 5.98. The van der Waals surface area contributed by atoms with Gasteiger partial charge in [-0.1, -0.05) is 35.0 Å². The molecule has 2 atom stereocenters. The molecule has 2 nitrogen and oxygen atoms in total. The van der Waals surface area contributed by atoms with Crippen LogP contribution in [-0.4, -0.2) is 19.2 Å². The minimum absolute atomic E-state index is 0.205. The smallest absolute Gasteiger partial charge is 0.0953 e. The topological polar surface area (TPSA) is 21.3 Å². The Labute approximate surface area is 99.1 Å². The Morgan fingerprint density at radius 3 is 2.73 bits per heavy atom. The average molecular weight is 270 g/mol. The molecule has 3 heteroatoms. The van der Waals surface area contributed by atoms with Crippen molar-refractivity contribution < 1.29 is 4.74 Å². The molecule has 0 amide bonds. The largest absolute Gasteiger partial charge is 0.368 e. The second-order valence-corrected chi connectivity index (χ2v) is 4.78. The molecule has 1 aromatic rings. The lowest BCUT2D eigenvalue weighted by molar-refractivity contribution is -0.0399. The van der Waals surface area contributed by atoms with E-state index >= 15 is 0 Å². The lowest BCUT2D eigenvalue weighted by atomic mass is 10.1. The van der Waals surface area contributed by atoms with Crippen molar-refractivity contribution in [1.82, 2.24) is 5.32 Å². The van der Waals surface area contributed by atoms with Crippen LogP contribution in [0.3, 0.4) is 0 Å². The highest BCUT2D eigenvalue weighted by molar-refractivity contribution is 9.10. The predicted molar refractivity (Wildman–Crippen MR) is 64.9 cm³/mol. The number of morpholine rings is 1. The second kappa shape index (κ2) is 5.10. The quantitative estimate of drug-likeness (QED) is 0.892. The summed E-state index contributed by atoms with van der Waals surface area (Å²) in [7, 11) is 0. The van der Waals surface area contributed by atoms with Gasteiger partial charge in [0, 0.05) is 17.6 Å². The van der Waals surface area contributed by atoms with E-state index in [1.807, 2.05) is 0 Å². The molecule has 1 saturated heterocycles. The molecule has 0 spiro atoms. The number of halogens is 1. The van der Waals surface area contributed by atoms with E-state index in [1.54, 1.807) is 0 Å². The first-order valence-corrected chi connectivity index (χ1v) is 6.20. The Balaban J connectivity index is 2.06. The Hall–Kier alpha value is -0.380. The van der Waals surface area contributed by atoms with Crippen LogP contribution in [0.1, 0.15) is 25.0 Å². The SMILES string of the molecule is CCC1CNCC(c2ccc(Br)cc2)O1. The number of ether oxygens (including phenoxy) is 1. The Bertz CT molecular complexity index is 312. The highest BCUT2D eigenvalue weighted by atomic mass is 79.9. The zero-order chi connectivity index (χ0) is 10.7. The number of rotatable bonds is 2. The van der Waals surface area contributed by atoms with Gasteiger partial charge in [0.05, 0.1) is 12.2 Å². The van der Waals surface area contributed by atoms with Gasteiger partial charge in [-0.2, -0.15) is 0 Å². The summed E-state index contributed by atoms with van der Waals surface area (Å²) in [6.07, 6.45) is 1.63. The van der Waals surface area contributed by atoms with Gasteiger partial charge in [-0.05, 0) is 24.1 Å². The summed E-state index contributed by atoms with van der Waals surface area (Å²) in [4.78, 5) is 0. The molecule has 0 aliphatic carbocycles. The van der Waals surface area contributed by atoms with E-state index in [4.69, 9.17) is 4.74 Å². The van der Waals surface area contributed by atoms with Crippen molar-refractivity contribution in [2.45, 2.75) is 25.6 Å². The van der Waals surface area contributed by atoms with Gasteiger partial charge in [-0.15, -0.1) is 0 Å². The van der Waals surface area contributed by atoms with Crippen molar-refractivity contribution in [3.05, 3.63) is 34.3 Å². The molecule has 82 valence electrons. The fraction of sp³-hybridized carbons (Fsp3) is 0.500. The van der Waals surface area contributed by atoms with Gasteiger partial charge in [0.15, 0.2) is 0 Å². The molecule has 15 heavy (non-hydrogen) atoms. The summed E-state index contributed by atoms with van der Waals surface area (Å²) < 4.78 is 7.10. The molecule has 0 aromatic heterocycles. The first kappa shape index (κ1) is 11.1. The molecule has 1 aliphatic rings. The van der Waals surface area contributed by atoms with Crippen LogP contribution in [0.5, 0.6) is 0 Å². The van der Waals surface area contributed by atoms with Gasteiger partial charge < -0.3 is 10.1 Å². The molecule has 1 N–H and O–H groups in total. The van der Waals surface area contributed by atoms with E-state index in [1.165, 1.54) is 5.56 Å². The van der Waals surface area contributed by atoms with Crippen LogP contribution < -0.4 is 5.32 Å². The molecule has 1 fully saturated rings. The van der Waals surface area contributed by atoms with E-state index in [0.717, 1.165) is 24.0 Å². The van der Waals surface area contributed by atoms with Crippen LogP contribution in [0, 0.1) is 0 Å². The number of hydrogen-bond acceptors (Lipinski definition) is 2. The summed E-state index contributed by atoms with van der Waals surface area (Å²) in [5.41, 5.74) is 1.25. The van der Waals surface area contributed by atoms with Crippen molar-refractivity contribution in [2.24, 2.45) is 0 Å². The number of benzene rings is 1. The van der Waals surface area contributed by atoms with Gasteiger partial charge in [0.25, 0.3) is 0 Å². The highest BCUT2D eigenvalue weighted by Gasteiger charge is 2.21. The lowest BCUT2D eigenvalue weighted by Crippen LogP contribution is -2.40. The van der Waals surface area contributed by atoms with Crippen LogP contribution in [0.15, 0.2) is 28.7 Å². The summed E-state index contributed by atoms with van der Waals surface area (Å²) in [5.74, 6) is 0. The monoisotopic (exact) mass is 269 g/mol. The average Bonchev–Trinajstić information content (AvgIpc) is 2.30. The molecule has 1 heterocycles. The molecular weight excluding hydrogens is 254 g/mol. The predicted octanol–water partition coefficient (Wildman–Crippen LogP) is 2.89. The normalized spacial score (nSPS) is 26.5. The van der Waals surface area contributed by atoms with Gasteiger partial charge in [0.1, 0.15) is 0 Å². The third kappa shape index (κ3) is 2.80. The third-order valence-corrected chi connectivity index (χ3v) is 3.28. The fourth-order valence-electron chi connectivity index (χ4n) is 1.82. The minimum Gasteiger partial charge on any atom is -0.368 e. The summed E-state index contributed by atoms with van der Waals surface area (Å²) in [6.45, 7) is 4.05. The van der Waals surface area contributed by atoms with Crippen LogP contribution >= 0.6 is 15.9 Å². The summed E-state index contributed by atoms with van der Waals surface area (Å²) >= 11 is 3.44. The second-order valence-electron chi connectivity index (χ2n) is 3.86. The molecule has 1 aliphatic heterocycles. The maximum Gasteiger partial charge on any atom is 0.0953 e. The van der Waals surface area contributed by atoms with Crippen molar-refractivity contribution in [3.8, 4) is 0 Å². The Kier molecular flexibility index (Phi) is 3.78. The summed E-state index contributed by atoms with van der Waals surface area (Å²) in [6, 6.07) is 8.37. The molecule has 0 saturated carbocycles. The molecular formula is C12H16BrNO. The van der Waals surface area contributed by atoms with Crippen molar-refractivity contribution in [1.29, 1.82) is 0 Å². The van der Waals surface area contributed by atoms with E-state index in [0.29, 0.717) is 6.10 Å². The third-order valence-electron chi connectivity index (χ3n) is 2.76.